The Kier molecular flexibility index (Phi) is 4.20. The highest BCUT2D eigenvalue weighted by molar-refractivity contribution is 6.04. The number of nitrogens with zero attached hydrogens (tertiary/aromatic N) is 1. The van der Waals surface area contributed by atoms with Gasteiger partial charge in [0.25, 0.3) is 5.91 Å². The second kappa shape index (κ2) is 6.62. The molecule has 0 bridgehead atoms. The summed E-state index contributed by atoms with van der Waals surface area (Å²) in [5.74, 6) is 1.36. The first-order chi connectivity index (χ1) is 11.2. The highest BCUT2D eigenvalue weighted by Crippen LogP contribution is 2.29. The van der Waals surface area contributed by atoms with E-state index >= 15 is 0 Å². The molecule has 0 saturated heterocycles. The summed E-state index contributed by atoms with van der Waals surface area (Å²) in [6.45, 7) is 0. The predicted molar refractivity (Wildman–Crippen MR) is 89.6 cm³/mol. The molecule has 23 heavy (non-hydrogen) atoms. The van der Waals surface area contributed by atoms with E-state index in [2.05, 4.69) is 10.3 Å². The highest BCUT2D eigenvalue weighted by Gasteiger charge is 2.10. The van der Waals surface area contributed by atoms with Crippen LogP contribution in [-0.4, -0.2) is 10.9 Å². The molecule has 1 aromatic heterocycles. The number of ether oxygens (including phenoxy) is 1. The number of carbonyl (C=O) groups excluding carboxylic acids is 1. The van der Waals surface area contributed by atoms with Gasteiger partial charge in [-0.3, -0.25) is 4.79 Å². The van der Waals surface area contributed by atoms with Crippen molar-refractivity contribution in [3.8, 4) is 11.5 Å². The Balaban J connectivity index is 1.80. The first kappa shape index (κ1) is 14.6. The molecule has 0 aliphatic carbocycles. The second-order valence-corrected chi connectivity index (χ2v) is 4.84. The lowest BCUT2D eigenvalue weighted by molar-refractivity contribution is 0.102. The minimum atomic E-state index is -0.276. The third-order valence-electron chi connectivity index (χ3n) is 3.15. The van der Waals surface area contributed by atoms with Crippen LogP contribution in [0.4, 0.5) is 11.5 Å². The van der Waals surface area contributed by atoms with E-state index in [1.807, 2.05) is 42.5 Å². The van der Waals surface area contributed by atoms with Crippen molar-refractivity contribution in [2.45, 2.75) is 0 Å². The van der Waals surface area contributed by atoms with Crippen molar-refractivity contribution in [3.63, 3.8) is 0 Å². The quantitative estimate of drug-likeness (QED) is 0.770. The zero-order valence-electron chi connectivity index (χ0n) is 12.3. The van der Waals surface area contributed by atoms with Crippen molar-refractivity contribution in [1.29, 1.82) is 0 Å². The minimum absolute atomic E-state index is 0.276. The van der Waals surface area contributed by atoms with E-state index in [1.54, 1.807) is 24.3 Å². The molecule has 0 aliphatic heterocycles. The van der Waals surface area contributed by atoms with Gasteiger partial charge in [-0.2, -0.15) is 0 Å². The van der Waals surface area contributed by atoms with Gasteiger partial charge in [-0.15, -0.1) is 0 Å². The van der Waals surface area contributed by atoms with Crippen LogP contribution in [0.2, 0.25) is 0 Å². The summed E-state index contributed by atoms with van der Waals surface area (Å²) in [6, 6.07) is 19.8. The molecule has 0 aliphatic rings. The topological polar surface area (TPSA) is 77.2 Å². The van der Waals surface area contributed by atoms with Gasteiger partial charge in [0, 0.05) is 6.20 Å². The first-order valence-electron chi connectivity index (χ1n) is 7.07. The number of hydrogen-bond acceptors (Lipinski definition) is 4. The molecular weight excluding hydrogens is 290 g/mol. The molecule has 5 nitrogen and oxygen atoms in total. The first-order valence-corrected chi connectivity index (χ1v) is 7.07. The van der Waals surface area contributed by atoms with E-state index in [0.29, 0.717) is 28.6 Å². The van der Waals surface area contributed by atoms with Crippen LogP contribution in [0.5, 0.6) is 11.5 Å². The lowest BCUT2D eigenvalue weighted by Crippen LogP contribution is -2.13. The van der Waals surface area contributed by atoms with Crippen molar-refractivity contribution in [1.82, 2.24) is 4.98 Å². The minimum Gasteiger partial charge on any atom is -0.455 e. The van der Waals surface area contributed by atoms with E-state index in [0.717, 1.165) is 0 Å². The molecule has 0 unspecified atom stereocenters. The number of nitrogens with two attached hydrogens (primary N) is 1. The number of pyridine rings is 1. The molecule has 5 heteroatoms. The average molecular weight is 305 g/mol. The summed E-state index contributed by atoms with van der Waals surface area (Å²) >= 11 is 0. The molecule has 3 aromatic rings. The Morgan fingerprint density at radius 3 is 2.43 bits per heavy atom. The van der Waals surface area contributed by atoms with Crippen LogP contribution in [-0.2, 0) is 0 Å². The highest BCUT2D eigenvalue weighted by atomic mass is 16.5. The normalized spacial score (nSPS) is 10.1. The number of para-hydroxylation sites is 3. The number of hydrogen-bond donors (Lipinski definition) is 2. The number of carbonyl (C=O) groups is 1. The summed E-state index contributed by atoms with van der Waals surface area (Å²) in [5, 5.41) is 2.82. The Labute approximate surface area is 133 Å². The van der Waals surface area contributed by atoms with Crippen LogP contribution in [0.25, 0.3) is 0 Å². The maximum atomic E-state index is 12.3. The number of benzene rings is 2. The van der Waals surface area contributed by atoms with E-state index in [4.69, 9.17) is 10.5 Å². The molecule has 114 valence electrons. The van der Waals surface area contributed by atoms with Crippen molar-refractivity contribution in [3.05, 3.63) is 78.5 Å². The number of anilines is 2. The Hall–Kier alpha value is -3.34. The zero-order valence-corrected chi connectivity index (χ0v) is 12.3. The van der Waals surface area contributed by atoms with E-state index < -0.39 is 0 Å². The Morgan fingerprint density at radius 2 is 1.70 bits per heavy atom. The Bertz CT molecular complexity index is 802. The van der Waals surface area contributed by atoms with Crippen molar-refractivity contribution in [2.24, 2.45) is 0 Å². The summed E-state index contributed by atoms with van der Waals surface area (Å²) in [7, 11) is 0. The number of amides is 1. The number of aromatic nitrogens is 1. The van der Waals surface area contributed by atoms with E-state index in [1.165, 1.54) is 6.20 Å². The summed E-state index contributed by atoms with van der Waals surface area (Å²) in [4.78, 5) is 16.2. The third-order valence-corrected chi connectivity index (χ3v) is 3.15. The third kappa shape index (κ3) is 3.65. The van der Waals surface area contributed by atoms with E-state index in [9.17, 15) is 4.79 Å². The largest absolute Gasteiger partial charge is 0.455 e. The monoisotopic (exact) mass is 305 g/mol. The number of nitrogens with one attached hydrogen (secondary N) is 1. The van der Waals surface area contributed by atoms with Gasteiger partial charge in [-0.05, 0) is 36.4 Å². The Morgan fingerprint density at radius 1 is 0.957 bits per heavy atom. The fourth-order valence-corrected chi connectivity index (χ4v) is 2.01. The maximum absolute atomic E-state index is 12.3. The summed E-state index contributed by atoms with van der Waals surface area (Å²) in [5.41, 5.74) is 6.53. The van der Waals surface area contributed by atoms with Crippen LogP contribution < -0.4 is 15.8 Å². The fourth-order valence-electron chi connectivity index (χ4n) is 2.01. The lowest BCUT2D eigenvalue weighted by Gasteiger charge is -2.12. The SMILES string of the molecule is Nc1ccc(C(=O)Nc2ccccc2Oc2ccccc2)cn1. The molecule has 0 fully saturated rings. The van der Waals surface area contributed by atoms with Crippen molar-refractivity contribution < 1.29 is 9.53 Å². The van der Waals surface area contributed by atoms with Crippen LogP contribution in [0.15, 0.2) is 72.9 Å². The standard InChI is InChI=1S/C18H15N3O2/c19-17-11-10-13(12-20-17)18(22)21-15-8-4-5-9-16(15)23-14-6-2-1-3-7-14/h1-12H,(H2,19,20)(H,21,22). The molecule has 2 aromatic carbocycles. The molecule has 0 radical (unpaired) electrons. The van der Waals surface area contributed by atoms with Crippen LogP contribution >= 0.6 is 0 Å². The predicted octanol–water partition coefficient (Wildman–Crippen LogP) is 3.71. The molecule has 0 spiro atoms. The van der Waals surface area contributed by atoms with Crippen LogP contribution in [0.1, 0.15) is 10.4 Å². The number of nitrogen functional groups attached to an aromatic ring is 1. The zero-order chi connectivity index (χ0) is 16.1. The van der Waals surface area contributed by atoms with Gasteiger partial charge in [0.2, 0.25) is 0 Å². The summed E-state index contributed by atoms with van der Waals surface area (Å²) in [6.07, 6.45) is 1.44. The molecular formula is C18H15N3O2. The maximum Gasteiger partial charge on any atom is 0.257 e. The molecule has 3 rings (SSSR count). The molecule has 1 amide bonds. The van der Waals surface area contributed by atoms with Crippen molar-refractivity contribution >= 4 is 17.4 Å². The number of rotatable bonds is 4. The van der Waals surface area contributed by atoms with Gasteiger partial charge in [-0.25, -0.2) is 4.98 Å². The van der Waals surface area contributed by atoms with Crippen molar-refractivity contribution in [2.75, 3.05) is 11.1 Å². The van der Waals surface area contributed by atoms with Gasteiger partial charge < -0.3 is 15.8 Å². The van der Waals surface area contributed by atoms with Crippen LogP contribution in [0.3, 0.4) is 0 Å². The smallest absolute Gasteiger partial charge is 0.257 e. The van der Waals surface area contributed by atoms with Gasteiger partial charge in [0.05, 0.1) is 11.3 Å². The van der Waals surface area contributed by atoms with Gasteiger partial charge in [-0.1, -0.05) is 30.3 Å². The molecule has 3 N–H and O–H groups in total. The van der Waals surface area contributed by atoms with Gasteiger partial charge in [0.15, 0.2) is 5.75 Å². The molecule has 0 saturated carbocycles. The van der Waals surface area contributed by atoms with E-state index in [-0.39, 0.29) is 5.91 Å². The molecule has 0 atom stereocenters. The van der Waals surface area contributed by atoms with Gasteiger partial charge >= 0.3 is 0 Å². The lowest BCUT2D eigenvalue weighted by atomic mass is 10.2. The second-order valence-electron chi connectivity index (χ2n) is 4.84. The van der Waals surface area contributed by atoms with Crippen LogP contribution in [0, 0.1) is 0 Å². The average Bonchev–Trinajstić information content (AvgIpc) is 2.58. The fraction of sp³-hybridized carbons (Fsp3) is 0. The van der Waals surface area contributed by atoms with Gasteiger partial charge in [0.1, 0.15) is 11.6 Å². The molecule has 1 heterocycles. The summed E-state index contributed by atoms with van der Waals surface area (Å²) < 4.78 is 5.82.